The van der Waals surface area contributed by atoms with Crippen LogP contribution in [0.3, 0.4) is 0 Å². The largest absolute Gasteiger partial charge is 0.308 e. The first-order valence-electron chi connectivity index (χ1n) is 39.7. The highest BCUT2D eigenvalue weighted by molar-refractivity contribution is 6.19. The van der Waals surface area contributed by atoms with Gasteiger partial charge in [-0.3, -0.25) is 0 Å². The molecule has 0 N–H and O–H groups in total. The minimum atomic E-state index is 0.535. The third kappa shape index (κ3) is 14.2. The van der Waals surface area contributed by atoms with Gasteiger partial charge in [0, 0.05) is 61.0 Å². The van der Waals surface area contributed by atoms with Crippen LogP contribution in [0.4, 0.5) is 0 Å². The summed E-state index contributed by atoms with van der Waals surface area (Å²) >= 11 is 0. The van der Waals surface area contributed by atoms with Gasteiger partial charge in [0.1, 0.15) is 0 Å². The summed E-state index contributed by atoms with van der Waals surface area (Å²) in [5.74, 6) is 3.26. The second-order valence-corrected chi connectivity index (χ2v) is 29.9. The molecule has 3 heterocycles. The Balaban J connectivity index is 0.820. The summed E-state index contributed by atoms with van der Waals surface area (Å²) in [5.41, 5.74) is 31.5. The molecule has 17 aromatic carbocycles. The molecule has 7 heteroatoms. The van der Waals surface area contributed by atoms with Crippen molar-refractivity contribution >= 4 is 21.8 Å². The van der Waals surface area contributed by atoms with Gasteiger partial charge in [0.05, 0.1) is 11.0 Å². The van der Waals surface area contributed by atoms with E-state index in [2.05, 4.69) is 437 Å². The number of hydrogen-bond acceptors (Lipinski definition) is 6. The zero-order chi connectivity index (χ0) is 78.1. The van der Waals surface area contributed by atoms with Crippen LogP contribution in [-0.2, 0) is 0 Å². The van der Waals surface area contributed by atoms with Gasteiger partial charge in [-0.1, -0.05) is 309 Å². The molecule has 0 saturated heterocycles. The Labute approximate surface area is 680 Å². The molecule has 20 rings (SSSR count). The average Bonchev–Trinajstić information content (AvgIpc) is 1.56. The Kier molecular flexibility index (Phi) is 18.7. The highest BCUT2D eigenvalue weighted by Gasteiger charge is 2.27. The summed E-state index contributed by atoms with van der Waals surface area (Å²) in [5, 5.41) is 2.19. The maximum atomic E-state index is 5.72. The predicted octanol–water partition coefficient (Wildman–Crippen LogP) is 28.4. The maximum absolute atomic E-state index is 5.72. The van der Waals surface area contributed by atoms with E-state index in [9.17, 15) is 0 Å². The lowest BCUT2D eigenvalue weighted by molar-refractivity contribution is 1.07. The quantitative estimate of drug-likeness (QED) is 0.0903. The number of aryl methyl sites for hydroxylation is 2. The Bertz CT molecular complexity index is 6150. The number of para-hydroxylation sites is 1. The van der Waals surface area contributed by atoms with E-state index in [1.54, 1.807) is 0 Å². The molecule has 0 atom stereocenters. The molecule has 7 nitrogen and oxygen atoms in total. The molecule has 0 spiro atoms. The first-order chi connectivity index (χ1) is 57.8. The number of fused-ring (bicyclic) bond motifs is 3. The Morgan fingerprint density at radius 2 is 0.342 bits per heavy atom. The van der Waals surface area contributed by atoms with E-state index < -0.39 is 0 Å². The second kappa shape index (κ2) is 30.9. The normalized spacial score (nSPS) is 11.3. The number of benzene rings is 17. The fraction of sp³-hybridized carbons (Fsp3) is 0.0182. The summed E-state index contributed by atoms with van der Waals surface area (Å²) < 4.78 is 2.48. The van der Waals surface area contributed by atoms with Crippen molar-refractivity contribution in [3.8, 4) is 185 Å². The van der Waals surface area contributed by atoms with Crippen LogP contribution < -0.4 is 0 Å². The van der Waals surface area contributed by atoms with Crippen molar-refractivity contribution in [3.63, 3.8) is 0 Å². The fourth-order valence-electron chi connectivity index (χ4n) is 16.5. The van der Waals surface area contributed by atoms with Crippen molar-refractivity contribution in [2.75, 3.05) is 0 Å². The molecular weight excluding hydrogens is 1420 g/mol. The lowest BCUT2D eigenvalue weighted by atomic mass is 9.93. The standard InChI is InChI=1S/C110H75N7/c1-72-56-99(95-52-30-32-54-97(95)109-113-105(90-64-82(74-34-12-3-13-35-74)60-83(65-90)75-36-14-4-15-37-75)111-106(114-109)91-66-84(76-38-16-5-17-39-76)61-85(67-91)77-40-18-6-19-41-77)103-101(58-72)102-59-73(2)57-100(104(102)117(103)94-50-28-11-29-51-94)96-53-31-33-55-98(96)110-115-107(92-68-86(78-42-20-7-21-43-78)62-87(69-92)79-44-22-8-23-45-79)112-108(116-110)93-70-88(80-46-24-9-25-47-80)63-89(71-93)81-48-26-10-27-49-81/h3-71H,1-2H3. The van der Waals surface area contributed by atoms with E-state index >= 15 is 0 Å². The highest BCUT2D eigenvalue weighted by Crippen LogP contribution is 2.48. The van der Waals surface area contributed by atoms with Gasteiger partial charge in [0.2, 0.25) is 0 Å². The maximum Gasteiger partial charge on any atom is 0.164 e. The molecule has 0 saturated carbocycles. The minimum absolute atomic E-state index is 0.535. The van der Waals surface area contributed by atoms with Crippen molar-refractivity contribution in [2.24, 2.45) is 0 Å². The van der Waals surface area contributed by atoms with E-state index in [1.165, 1.54) is 0 Å². The summed E-state index contributed by atoms with van der Waals surface area (Å²) in [6, 6.07) is 149. The Hall–Kier alpha value is -15.4. The Morgan fingerprint density at radius 3 is 0.573 bits per heavy atom. The number of hydrogen-bond donors (Lipinski definition) is 0. The van der Waals surface area contributed by atoms with Crippen molar-refractivity contribution in [1.29, 1.82) is 0 Å². The summed E-state index contributed by atoms with van der Waals surface area (Å²) in [7, 11) is 0. The van der Waals surface area contributed by atoms with Crippen molar-refractivity contribution < 1.29 is 0 Å². The van der Waals surface area contributed by atoms with Crippen molar-refractivity contribution in [3.05, 3.63) is 430 Å². The van der Waals surface area contributed by atoms with E-state index in [1.807, 2.05) is 0 Å². The molecule has 0 aliphatic carbocycles. The van der Waals surface area contributed by atoms with Gasteiger partial charge in [-0.2, -0.15) is 0 Å². The van der Waals surface area contributed by atoms with Crippen LogP contribution >= 0.6 is 0 Å². The lowest BCUT2D eigenvalue weighted by Gasteiger charge is -2.18. The van der Waals surface area contributed by atoms with Gasteiger partial charge >= 0.3 is 0 Å². The Morgan fingerprint density at radius 1 is 0.154 bits per heavy atom. The van der Waals surface area contributed by atoms with Gasteiger partial charge < -0.3 is 4.57 Å². The van der Waals surface area contributed by atoms with E-state index in [0.29, 0.717) is 34.9 Å². The first-order valence-corrected chi connectivity index (χ1v) is 39.7. The van der Waals surface area contributed by atoms with Crippen LogP contribution in [0.25, 0.3) is 207 Å². The topological polar surface area (TPSA) is 82.3 Å². The van der Waals surface area contributed by atoms with E-state index in [-0.39, 0.29) is 0 Å². The summed E-state index contributed by atoms with van der Waals surface area (Å²) in [4.78, 5) is 34.1. The molecule has 0 fully saturated rings. The summed E-state index contributed by atoms with van der Waals surface area (Å²) in [6.45, 7) is 4.42. The SMILES string of the molecule is Cc1cc(-c2ccccc2-c2nc(-c3cc(-c4ccccc4)cc(-c4ccccc4)c3)nc(-c3cc(-c4ccccc4)cc(-c4ccccc4)c3)n2)c2c(c1)c1cc(C)cc(-c3ccccc3-c3nc(-c4cc(-c5ccccc5)cc(-c5ccccc5)c4)nc(-c4cc(-c5ccccc5)cc(-c5ccccc5)c4)n3)c1n2-c1ccccc1. The molecule has 550 valence electrons. The molecule has 0 amide bonds. The van der Waals surface area contributed by atoms with E-state index in [0.717, 1.165) is 183 Å². The third-order valence-corrected chi connectivity index (χ3v) is 22.1. The number of aromatic nitrogens is 7. The zero-order valence-corrected chi connectivity index (χ0v) is 64.5. The molecule has 3 aromatic heterocycles. The van der Waals surface area contributed by atoms with Gasteiger partial charge in [-0.25, -0.2) is 29.9 Å². The third-order valence-electron chi connectivity index (χ3n) is 22.1. The summed E-state index contributed by atoms with van der Waals surface area (Å²) in [6.07, 6.45) is 0. The zero-order valence-electron chi connectivity index (χ0n) is 64.5. The van der Waals surface area contributed by atoms with Crippen LogP contribution in [-0.4, -0.2) is 34.5 Å². The van der Waals surface area contributed by atoms with Crippen LogP contribution in [0.15, 0.2) is 419 Å². The van der Waals surface area contributed by atoms with Crippen LogP contribution in [0, 0.1) is 13.8 Å². The molecule has 0 unspecified atom stereocenters. The molecule has 0 aliphatic rings. The fourth-order valence-corrected chi connectivity index (χ4v) is 16.5. The molecule has 0 aliphatic heterocycles. The van der Waals surface area contributed by atoms with Crippen LogP contribution in [0.2, 0.25) is 0 Å². The van der Waals surface area contributed by atoms with Gasteiger partial charge in [0.15, 0.2) is 34.9 Å². The second-order valence-electron chi connectivity index (χ2n) is 29.9. The van der Waals surface area contributed by atoms with Gasteiger partial charge in [-0.05, 0) is 234 Å². The van der Waals surface area contributed by atoms with Gasteiger partial charge in [-0.15, -0.1) is 0 Å². The molecule has 117 heavy (non-hydrogen) atoms. The lowest BCUT2D eigenvalue weighted by Crippen LogP contribution is -2.03. The van der Waals surface area contributed by atoms with Gasteiger partial charge in [0.25, 0.3) is 0 Å². The van der Waals surface area contributed by atoms with Crippen LogP contribution in [0.1, 0.15) is 11.1 Å². The molecule has 0 bridgehead atoms. The monoisotopic (exact) mass is 1490 g/mol. The predicted molar refractivity (Wildman–Crippen MR) is 484 cm³/mol. The first kappa shape index (κ1) is 70.7. The molecule has 0 radical (unpaired) electrons. The van der Waals surface area contributed by atoms with Crippen LogP contribution in [0.5, 0.6) is 0 Å². The van der Waals surface area contributed by atoms with Crippen molar-refractivity contribution in [1.82, 2.24) is 34.5 Å². The average molecular weight is 1490 g/mol. The smallest absolute Gasteiger partial charge is 0.164 e. The highest BCUT2D eigenvalue weighted by atomic mass is 15.0. The number of nitrogens with zero attached hydrogens (tertiary/aromatic N) is 7. The van der Waals surface area contributed by atoms with Crippen molar-refractivity contribution in [2.45, 2.75) is 13.8 Å². The molecule has 20 aromatic rings. The van der Waals surface area contributed by atoms with E-state index in [4.69, 9.17) is 29.9 Å². The number of rotatable bonds is 17. The molecular formula is C110H75N7. The minimum Gasteiger partial charge on any atom is -0.308 e.